The first-order chi connectivity index (χ1) is 13.2. The summed E-state index contributed by atoms with van der Waals surface area (Å²) in [6, 6.07) is 15.9. The van der Waals surface area contributed by atoms with Crippen LogP contribution in [0.5, 0.6) is 5.75 Å². The molecular weight excluding hydrogens is 338 g/mol. The Bertz CT molecular complexity index is 883. The highest BCUT2D eigenvalue weighted by atomic mass is 16.5. The zero-order valence-electron chi connectivity index (χ0n) is 15.1. The molecule has 1 aromatic heterocycles. The Morgan fingerprint density at radius 2 is 1.96 bits per heavy atom. The molecule has 27 heavy (non-hydrogen) atoms. The molecule has 0 saturated carbocycles. The molecular formula is C21H21N5O. The van der Waals surface area contributed by atoms with Crippen LogP contribution in [0.1, 0.15) is 17.5 Å². The zero-order chi connectivity index (χ0) is 18.6. The number of benzene rings is 1. The van der Waals surface area contributed by atoms with Gasteiger partial charge in [-0.15, -0.1) is 0 Å². The number of nitrogens with zero attached hydrogens (tertiary/aromatic N) is 5. The number of ether oxygens (including phenoxy) is 1. The van der Waals surface area contributed by atoms with Crippen LogP contribution in [0.3, 0.4) is 0 Å². The second-order valence-electron chi connectivity index (χ2n) is 7.16. The van der Waals surface area contributed by atoms with Gasteiger partial charge in [-0.1, -0.05) is 6.07 Å². The largest absolute Gasteiger partial charge is 0.493 e. The normalized spacial score (nSPS) is 21.9. The van der Waals surface area contributed by atoms with Gasteiger partial charge in [0.25, 0.3) is 0 Å². The first-order valence-electron chi connectivity index (χ1n) is 9.23. The minimum absolute atomic E-state index is 0.495. The van der Waals surface area contributed by atoms with Gasteiger partial charge in [0.1, 0.15) is 17.6 Å². The van der Waals surface area contributed by atoms with Crippen LogP contribution >= 0.6 is 0 Å². The second-order valence-corrected chi connectivity index (χ2v) is 7.16. The van der Waals surface area contributed by atoms with Gasteiger partial charge in [0.05, 0.1) is 23.8 Å². The Labute approximate surface area is 159 Å². The van der Waals surface area contributed by atoms with E-state index in [2.05, 4.69) is 26.9 Å². The minimum Gasteiger partial charge on any atom is -0.493 e. The van der Waals surface area contributed by atoms with E-state index in [0.717, 1.165) is 44.2 Å². The highest BCUT2D eigenvalue weighted by Crippen LogP contribution is 2.29. The van der Waals surface area contributed by atoms with Crippen LogP contribution < -0.4 is 9.64 Å². The van der Waals surface area contributed by atoms with E-state index in [0.29, 0.717) is 29.7 Å². The smallest absolute Gasteiger partial charge is 0.128 e. The lowest BCUT2D eigenvalue weighted by Gasteiger charge is -2.38. The van der Waals surface area contributed by atoms with E-state index in [1.807, 2.05) is 24.3 Å². The number of piperazine rings is 1. The number of rotatable bonds is 4. The average molecular weight is 359 g/mol. The maximum absolute atomic E-state index is 8.99. The van der Waals surface area contributed by atoms with E-state index in [9.17, 15) is 0 Å². The minimum atomic E-state index is 0.495. The van der Waals surface area contributed by atoms with E-state index in [1.165, 1.54) is 0 Å². The summed E-state index contributed by atoms with van der Waals surface area (Å²) in [5.74, 6) is 2.21. The Hall–Kier alpha value is -3.09. The third kappa shape index (κ3) is 3.86. The summed E-state index contributed by atoms with van der Waals surface area (Å²) in [5, 5.41) is 17.9. The molecule has 2 aromatic rings. The lowest BCUT2D eigenvalue weighted by Crippen LogP contribution is -2.50. The topological polar surface area (TPSA) is 76.2 Å². The van der Waals surface area contributed by atoms with Gasteiger partial charge in [-0.25, -0.2) is 4.98 Å². The third-order valence-electron chi connectivity index (χ3n) is 5.35. The fraction of sp³-hybridized carbons (Fsp3) is 0.381. The number of anilines is 1. The summed E-state index contributed by atoms with van der Waals surface area (Å²) in [7, 11) is 0. The Morgan fingerprint density at radius 1 is 1.07 bits per heavy atom. The van der Waals surface area contributed by atoms with Gasteiger partial charge in [-0.05, 0) is 36.8 Å². The molecule has 2 saturated heterocycles. The van der Waals surface area contributed by atoms with Gasteiger partial charge in [-0.3, -0.25) is 4.90 Å². The van der Waals surface area contributed by atoms with E-state index < -0.39 is 0 Å². The third-order valence-corrected chi connectivity index (χ3v) is 5.35. The summed E-state index contributed by atoms with van der Waals surface area (Å²) in [4.78, 5) is 9.28. The molecule has 0 N–H and O–H groups in total. The van der Waals surface area contributed by atoms with Crippen molar-refractivity contribution >= 4 is 5.82 Å². The number of hydrogen-bond donors (Lipinski definition) is 0. The van der Waals surface area contributed by atoms with Gasteiger partial charge in [0.2, 0.25) is 0 Å². The summed E-state index contributed by atoms with van der Waals surface area (Å²) < 4.78 is 5.94. The van der Waals surface area contributed by atoms with Crippen molar-refractivity contribution in [1.29, 1.82) is 10.5 Å². The Balaban J connectivity index is 1.33. The molecule has 136 valence electrons. The fourth-order valence-electron chi connectivity index (χ4n) is 3.99. The predicted octanol–water partition coefficient (Wildman–Crippen LogP) is 2.41. The highest BCUT2D eigenvalue weighted by molar-refractivity contribution is 5.42. The summed E-state index contributed by atoms with van der Waals surface area (Å²) in [6.45, 7) is 4.66. The molecule has 0 spiro atoms. The lowest BCUT2D eigenvalue weighted by molar-refractivity contribution is 0.216. The molecule has 1 aromatic carbocycles. The fourth-order valence-corrected chi connectivity index (χ4v) is 3.99. The van der Waals surface area contributed by atoms with Crippen molar-refractivity contribution in [2.45, 2.75) is 12.5 Å². The summed E-state index contributed by atoms with van der Waals surface area (Å²) in [5.41, 5.74) is 1.22. The lowest BCUT2D eigenvalue weighted by atomic mass is 10.1. The summed E-state index contributed by atoms with van der Waals surface area (Å²) >= 11 is 0. The molecule has 3 heterocycles. The van der Waals surface area contributed by atoms with Crippen LogP contribution in [0.15, 0.2) is 42.6 Å². The molecule has 6 heteroatoms. The van der Waals surface area contributed by atoms with Crippen LogP contribution in [0, 0.1) is 28.6 Å². The maximum atomic E-state index is 8.99. The molecule has 4 rings (SSSR count). The van der Waals surface area contributed by atoms with Gasteiger partial charge < -0.3 is 9.64 Å². The van der Waals surface area contributed by atoms with E-state index in [1.54, 1.807) is 18.3 Å². The standard InChI is InChI=1S/C21H21N5O/c22-10-16-2-1-3-20(9-16)27-15-18-8-19-14-26(7-6-25(19)13-18)21-5-4-17(11-23)12-24-21/h1-5,9,12,18-19H,6-8,13-15H2/t18-,19-/m0/s1. The van der Waals surface area contributed by atoms with Gasteiger partial charge in [-0.2, -0.15) is 10.5 Å². The maximum Gasteiger partial charge on any atom is 0.128 e. The molecule has 2 aliphatic rings. The molecule has 0 unspecified atom stereocenters. The molecule has 2 atom stereocenters. The van der Waals surface area contributed by atoms with Crippen LogP contribution in [0.4, 0.5) is 5.82 Å². The average Bonchev–Trinajstić information content (AvgIpc) is 3.14. The van der Waals surface area contributed by atoms with Crippen molar-refractivity contribution in [3.05, 3.63) is 53.7 Å². The van der Waals surface area contributed by atoms with E-state index >= 15 is 0 Å². The molecule has 0 amide bonds. The first-order valence-corrected chi connectivity index (χ1v) is 9.23. The van der Waals surface area contributed by atoms with Crippen molar-refractivity contribution in [2.75, 3.05) is 37.7 Å². The predicted molar refractivity (Wildman–Crippen MR) is 101 cm³/mol. The molecule has 0 radical (unpaired) electrons. The van der Waals surface area contributed by atoms with E-state index in [4.69, 9.17) is 15.3 Å². The number of hydrogen-bond acceptors (Lipinski definition) is 6. The van der Waals surface area contributed by atoms with Crippen molar-refractivity contribution in [1.82, 2.24) is 9.88 Å². The van der Waals surface area contributed by atoms with Crippen molar-refractivity contribution in [3.63, 3.8) is 0 Å². The number of pyridine rings is 1. The number of fused-ring (bicyclic) bond motifs is 1. The van der Waals surface area contributed by atoms with Crippen LogP contribution in [0.25, 0.3) is 0 Å². The van der Waals surface area contributed by atoms with E-state index in [-0.39, 0.29) is 0 Å². The van der Waals surface area contributed by atoms with Crippen LogP contribution in [-0.2, 0) is 0 Å². The monoisotopic (exact) mass is 359 g/mol. The Kier molecular flexibility index (Phi) is 4.91. The molecule has 0 aliphatic carbocycles. The van der Waals surface area contributed by atoms with Crippen LogP contribution in [0.2, 0.25) is 0 Å². The Morgan fingerprint density at radius 3 is 2.74 bits per heavy atom. The molecule has 2 fully saturated rings. The van der Waals surface area contributed by atoms with Gasteiger partial charge >= 0.3 is 0 Å². The molecule has 0 bridgehead atoms. The quantitative estimate of drug-likeness (QED) is 0.834. The number of nitriles is 2. The van der Waals surface area contributed by atoms with Crippen molar-refractivity contribution in [3.8, 4) is 17.9 Å². The molecule has 6 nitrogen and oxygen atoms in total. The second kappa shape index (κ2) is 7.65. The highest BCUT2D eigenvalue weighted by Gasteiger charge is 2.36. The van der Waals surface area contributed by atoms with Gasteiger partial charge in [0.15, 0.2) is 0 Å². The summed E-state index contributed by atoms with van der Waals surface area (Å²) in [6.07, 6.45) is 2.74. The molecule has 2 aliphatic heterocycles. The zero-order valence-corrected chi connectivity index (χ0v) is 15.1. The van der Waals surface area contributed by atoms with Crippen molar-refractivity contribution in [2.24, 2.45) is 5.92 Å². The first kappa shape index (κ1) is 17.3. The van der Waals surface area contributed by atoms with Gasteiger partial charge in [0, 0.05) is 44.3 Å². The SMILES string of the molecule is N#Cc1ccc(N2CCN3C[C@@H](COc4cccc(C#N)c4)C[C@H]3C2)nc1. The van der Waals surface area contributed by atoms with Crippen LogP contribution in [-0.4, -0.2) is 48.7 Å². The van der Waals surface area contributed by atoms with Crippen molar-refractivity contribution < 1.29 is 4.74 Å². The number of aromatic nitrogens is 1.